The zero-order valence-electron chi connectivity index (χ0n) is 10.7. The van der Waals surface area contributed by atoms with Gasteiger partial charge in [-0.1, -0.05) is 18.5 Å². The summed E-state index contributed by atoms with van der Waals surface area (Å²) in [5.41, 5.74) is 5.39. The van der Waals surface area contributed by atoms with Crippen LogP contribution in [-0.4, -0.2) is 25.6 Å². The van der Waals surface area contributed by atoms with Crippen LogP contribution in [0.1, 0.15) is 17.3 Å². The van der Waals surface area contributed by atoms with Crippen LogP contribution < -0.4 is 15.8 Å². The number of hydrogen-bond acceptors (Lipinski definition) is 3. The molecule has 0 aromatic heterocycles. The molecule has 1 amide bonds. The lowest BCUT2D eigenvalue weighted by molar-refractivity contribution is -0.0501. The predicted octanol–water partition coefficient (Wildman–Crippen LogP) is 2.69. The topological polar surface area (TPSA) is 64.3 Å². The molecule has 1 aromatic rings. The SMILES string of the molecule is CC(CN)CNC(=O)c1cc(Cl)ccc1OC(F)F.Cl. The number of ether oxygens (including phenoxy) is 1. The number of carbonyl (C=O) groups is 1. The molecule has 0 fully saturated rings. The van der Waals surface area contributed by atoms with Crippen LogP contribution in [0, 0.1) is 5.92 Å². The molecule has 1 rings (SSSR count). The minimum Gasteiger partial charge on any atom is -0.434 e. The lowest BCUT2D eigenvalue weighted by Gasteiger charge is -2.13. The molecule has 0 bridgehead atoms. The summed E-state index contributed by atoms with van der Waals surface area (Å²) in [7, 11) is 0. The van der Waals surface area contributed by atoms with E-state index in [1.165, 1.54) is 18.2 Å². The second-order valence-electron chi connectivity index (χ2n) is 4.07. The fourth-order valence-corrected chi connectivity index (χ4v) is 1.50. The van der Waals surface area contributed by atoms with Crippen molar-refractivity contribution in [1.29, 1.82) is 0 Å². The third kappa shape index (κ3) is 5.90. The smallest absolute Gasteiger partial charge is 0.387 e. The summed E-state index contributed by atoms with van der Waals surface area (Å²) >= 11 is 5.74. The van der Waals surface area contributed by atoms with Crippen molar-refractivity contribution in [2.75, 3.05) is 13.1 Å². The van der Waals surface area contributed by atoms with E-state index < -0.39 is 12.5 Å². The molecule has 114 valence electrons. The summed E-state index contributed by atoms with van der Waals surface area (Å²) in [5, 5.41) is 2.85. The van der Waals surface area contributed by atoms with Gasteiger partial charge >= 0.3 is 6.61 Å². The van der Waals surface area contributed by atoms with Crippen LogP contribution in [-0.2, 0) is 0 Å². The zero-order valence-corrected chi connectivity index (χ0v) is 12.3. The van der Waals surface area contributed by atoms with Crippen molar-refractivity contribution in [3.63, 3.8) is 0 Å². The maximum absolute atomic E-state index is 12.2. The zero-order chi connectivity index (χ0) is 14.4. The van der Waals surface area contributed by atoms with Crippen molar-refractivity contribution in [3.8, 4) is 5.75 Å². The maximum atomic E-state index is 12.2. The summed E-state index contributed by atoms with van der Waals surface area (Å²) in [4.78, 5) is 11.9. The van der Waals surface area contributed by atoms with Gasteiger partial charge in [-0.2, -0.15) is 8.78 Å². The number of carbonyl (C=O) groups excluding carboxylic acids is 1. The summed E-state index contributed by atoms with van der Waals surface area (Å²) in [6, 6.07) is 3.88. The van der Waals surface area contributed by atoms with Gasteiger partial charge in [0.25, 0.3) is 5.91 Å². The van der Waals surface area contributed by atoms with Gasteiger partial charge in [0, 0.05) is 11.6 Å². The summed E-state index contributed by atoms with van der Waals surface area (Å²) in [6.07, 6.45) is 0. The Kier molecular flexibility index (Phi) is 8.45. The molecule has 0 saturated heterocycles. The van der Waals surface area contributed by atoms with E-state index >= 15 is 0 Å². The largest absolute Gasteiger partial charge is 0.434 e. The Bertz CT molecular complexity index is 447. The highest BCUT2D eigenvalue weighted by Gasteiger charge is 2.16. The summed E-state index contributed by atoms with van der Waals surface area (Å²) in [5.74, 6) is -0.654. The van der Waals surface area contributed by atoms with Gasteiger partial charge in [0.2, 0.25) is 0 Å². The first-order valence-electron chi connectivity index (χ1n) is 5.66. The number of halogens is 4. The van der Waals surface area contributed by atoms with E-state index in [4.69, 9.17) is 17.3 Å². The van der Waals surface area contributed by atoms with E-state index in [1.54, 1.807) is 0 Å². The van der Waals surface area contributed by atoms with E-state index in [1.807, 2.05) is 6.92 Å². The number of nitrogens with one attached hydrogen (secondary N) is 1. The highest BCUT2D eigenvalue weighted by atomic mass is 35.5. The molecule has 0 saturated carbocycles. The van der Waals surface area contributed by atoms with Crippen LogP contribution in [0.4, 0.5) is 8.78 Å². The molecular weight excluding hydrogens is 313 g/mol. The molecule has 1 unspecified atom stereocenters. The molecule has 1 atom stereocenters. The van der Waals surface area contributed by atoms with Gasteiger partial charge in [0.05, 0.1) is 5.56 Å². The number of alkyl halides is 2. The van der Waals surface area contributed by atoms with Gasteiger partial charge in [0.15, 0.2) is 0 Å². The molecule has 8 heteroatoms. The molecule has 0 aliphatic heterocycles. The third-order valence-corrected chi connectivity index (χ3v) is 2.65. The first-order valence-corrected chi connectivity index (χ1v) is 6.04. The molecule has 0 heterocycles. The van der Waals surface area contributed by atoms with E-state index in [0.29, 0.717) is 13.1 Å². The number of rotatable bonds is 6. The first-order chi connectivity index (χ1) is 8.93. The lowest BCUT2D eigenvalue weighted by atomic mass is 10.1. The van der Waals surface area contributed by atoms with E-state index in [9.17, 15) is 13.6 Å². The predicted molar refractivity (Wildman–Crippen MR) is 75.9 cm³/mol. The van der Waals surface area contributed by atoms with Crippen molar-refractivity contribution in [2.45, 2.75) is 13.5 Å². The second-order valence-corrected chi connectivity index (χ2v) is 4.51. The van der Waals surface area contributed by atoms with Crippen LogP contribution in [0.2, 0.25) is 5.02 Å². The van der Waals surface area contributed by atoms with E-state index in [0.717, 1.165) is 0 Å². The van der Waals surface area contributed by atoms with Gasteiger partial charge in [-0.05, 0) is 30.7 Å². The highest BCUT2D eigenvalue weighted by Crippen LogP contribution is 2.24. The molecular formula is C12H16Cl2F2N2O2. The minimum atomic E-state index is -3.00. The molecule has 4 nitrogen and oxygen atoms in total. The van der Waals surface area contributed by atoms with Crippen LogP contribution in [0.25, 0.3) is 0 Å². The number of benzene rings is 1. The van der Waals surface area contributed by atoms with E-state index in [2.05, 4.69) is 10.1 Å². The summed E-state index contributed by atoms with van der Waals surface area (Å²) < 4.78 is 28.7. The van der Waals surface area contributed by atoms with Crippen molar-refractivity contribution < 1.29 is 18.3 Å². The Hall–Kier alpha value is -1.11. The standard InChI is InChI=1S/C12H15ClF2N2O2.ClH/c1-7(5-16)6-17-11(18)9-4-8(13)2-3-10(9)19-12(14)15;/h2-4,7,12H,5-6,16H2,1H3,(H,17,18);1H. The van der Waals surface area contributed by atoms with E-state index in [-0.39, 0.29) is 34.7 Å². The van der Waals surface area contributed by atoms with Crippen LogP contribution in [0.15, 0.2) is 18.2 Å². The van der Waals surface area contributed by atoms with Crippen LogP contribution >= 0.6 is 24.0 Å². The van der Waals surface area contributed by atoms with Gasteiger partial charge < -0.3 is 15.8 Å². The average Bonchev–Trinajstić information content (AvgIpc) is 2.37. The van der Waals surface area contributed by atoms with Crippen molar-refractivity contribution in [1.82, 2.24) is 5.32 Å². The second kappa shape index (κ2) is 8.94. The van der Waals surface area contributed by atoms with Gasteiger partial charge in [-0.25, -0.2) is 0 Å². The van der Waals surface area contributed by atoms with Gasteiger partial charge in [-0.15, -0.1) is 12.4 Å². The third-order valence-electron chi connectivity index (χ3n) is 2.42. The summed E-state index contributed by atoms with van der Waals surface area (Å²) in [6.45, 7) is -0.392. The Balaban J connectivity index is 0.00000361. The quantitative estimate of drug-likeness (QED) is 0.843. The Morgan fingerprint density at radius 1 is 1.50 bits per heavy atom. The minimum absolute atomic E-state index is 0. The molecule has 0 radical (unpaired) electrons. The van der Waals surface area contributed by atoms with Crippen molar-refractivity contribution in [3.05, 3.63) is 28.8 Å². The Morgan fingerprint density at radius 3 is 2.70 bits per heavy atom. The van der Waals surface area contributed by atoms with Crippen LogP contribution in [0.3, 0.4) is 0 Å². The Labute approximate surface area is 127 Å². The monoisotopic (exact) mass is 328 g/mol. The van der Waals surface area contributed by atoms with Gasteiger partial charge in [-0.3, -0.25) is 4.79 Å². The molecule has 3 N–H and O–H groups in total. The number of nitrogens with two attached hydrogens (primary N) is 1. The molecule has 1 aromatic carbocycles. The average molecular weight is 329 g/mol. The highest BCUT2D eigenvalue weighted by molar-refractivity contribution is 6.31. The van der Waals surface area contributed by atoms with Crippen LogP contribution in [0.5, 0.6) is 5.75 Å². The van der Waals surface area contributed by atoms with Crippen molar-refractivity contribution >= 4 is 29.9 Å². The fraction of sp³-hybridized carbons (Fsp3) is 0.417. The number of amides is 1. The number of hydrogen-bond donors (Lipinski definition) is 2. The lowest BCUT2D eigenvalue weighted by Crippen LogP contribution is -2.31. The first kappa shape index (κ1) is 18.9. The van der Waals surface area contributed by atoms with Gasteiger partial charge in [0.1, 0.15) is 5.75 Å². The molecule has 0 aliphatic rings. The molecule has 0 spiro atoms. The molecule has 0 aliphatic carbocycles. The maximum Gasteiger partial charge on any atom is 0.387 e. The normalized spacial score (nSPS) is 11.7. The molecule has 20 heavy (non-hydrogen) atoms. The van der Waals surface area contributed by atoms with Crippen molar-refractivity contribution in [2.24, 2.45) is 11.7 Å². The Morgan fingerprint density at radius 2 is 2.15 bits per heavy atom. The fourth-order valence-electron chi connectivity index (χ4n) is 1.32.